The molecule has 3 heteroatoms. The second kappa shape index (κ2) is 7.13. The van der Waals surface area contributed by atoms with Gasteiger partial charge in [0.25, 0.3) is 0 Å². The number of likely N-dealkylation sites (tertiary alicyclic amines) is 1. The SMILES string of the molecule is C[C@@H]1CCCN(C(=O)CN[C@H]2CCCC[C@H]2C(C)(C)C)C1. The summed E-state index contributed by atoms with van der Waals surface area (Å²) in [5.74, 6) is 1.67. The van der Waals surface area contributed by atoms with Gasteiger partial charge in [0.15, 0.2) is 0 Å². The highest BCUT2D eigenvalue weighted by molar-refractivity contribution is 5.78. The molecule has 0 aromatic carbocycles. The topological polar surface area (TPSA) is 32.3 Å². The zero-order chi connectivity index (χ0) is 15.5. The van der Waals surface area contributed by atoms with E-state index in [0.717, 1.165) is 13.1 Å². The van der Waals surface area contributed by atoms with Crippen LogP contribution < -0.4 is 5.32 Å². The lowest BCUT2D eigenvalue weighted by Crippen LogP contribution is -2.49. The summed E-state index contributed by atoms with van der Waals surface area (Å²) in [6, 6.07) is 0.518. The maximum atomic E-state index is 12.4. The zero-order valence-corrected chi connectivity index (χ0v) is 14.5. The van der Waals surface area contributed by atoms with Gasteiger partial charge in [0.2, 0.25) is 5.91 Å². The van der Waals surface area contributed by atoms with Crippen molar-refractivity contribution in [1.29, 1.82) is 0 Å². The van der Waals surface area contributed by atoms with Gasteiger partial charge >= 0.3 is 0 Å². The predicted molar refractivity (Wildman–Crippen MR) is 88.2 cm³/mol. The first-order valence-electron chi connectivity index (χ1n) is 8.89. The molecule has 1 aliphatic carbocycles. The maximum absolute atomic E-state index is 12.4. The second-order valence-corrected chi connectivity index (χ2v) is 8.33. The van der Waals surface area contributed by atoms with Gasteiger partial charge in [-0.25, -0.2) is 0 Å². The van der Waals surface area contributed by atoms with Crippen LogP contribution in [0.15, 0.2) is 0 Å². The molecular weight excluding hydrogens is 260 g/mol. The van der Waals surface area contributed by atoms with Gasteiger partial charge in [-0.3, -0.25) is 4.79 Å². The normalized spacial score (nSPS) is 31.2. The van der Waals surface area contributed by atoms with Crippen LogP contribution in [0.2, 0.25) is 0 Å². The van der Waals surface area contributed by atoms with Crippen molar-refractivity contribution >= 4 is 5.91 Å². The molecule has 21 heavy (non-hydrogen) atoms. The van der Waals surface area contributed by atoms with Gasteiger partial charge in [0, 0.05) is 19.1 Å². The Morgan fingerprint density at radius 2 is 1.86 bits per heavy atom. The highest BCUT2D eigenvalue weighted by Gasteiger charge is 2.34. The summed E-state index contributed by atoms with van der Waals surface area (Å²) < 4.78 is 0. The molecule has 3 atom stereocenters. The smallest absolute Gasteiger partial charge is 0.236 e. The van der Waals surface area contributed by atoms with Crippen LogP contribution in [0.5, 0.6) is 0 Å². The van der Waals surface area contributed by atoms with Crippen molar-refractivity contribution in [1.82, 2.24) is 10.2 Å². The maximum Gasteiger partial charge on any atom is 0.236 e. The molecule has 1 N–H and O–H groups in total. The van der Waals surface area contributed by atoms with Gasteiger partial charge in [0.05, 0.1) is 6.54 Å². The van der Waals surface area contributed by atoms with Crippen LogP contribution in [0.4, 0.5) is 0 Å². The van der Waals surface area contributed by atoms with Crippen molar-refractivity contribution in [3.05, 3.63) is 0 Å². The van der Waals surface area contributed by atoms with Gasteiger partial charge < -0.3 is 10.2 Å². The molecule has 0 spiro atoms. The Hall–Kier alpha value is -0.570. The quantitative estimate of drug-likeness (QED) is 0.865. The number of carbonyl (C=O) groups is 1. The van der Waals surface area contributed by atoms with Gasteiger partial charge in [0.1, 0.15) is 0 Å². The van der Waals surface area contributed by atoms with Gasteiger partial charge in [-0.1, -0.05) is 40.5 Å². The summed E-state index contributed by atoms with van der Waals surface area (Å²) in [6.45, 7) is 11.7. The van der Waals surface area contributed by atoms with Gasteiger partial charge in [-0.15, -0.1) is 0 Å². The van der Waals surface area contributed by atoms with Crippen LogP contribution in [0, 0.1) is 17.3 Å². The Balaban J connectivity index is 1.84. The molecule has 0 bridgehead atoms. The molecule has 0 aromatic rings. The summed E-state index contributed by atoms with van der Waals surface area (Å²) in [6.07, 6.45) is 7.62. The Kier molecular flexibility index (Phi) is 5.70. The molecule has 1 amide bonds. The molecule has 0 unspecified atom stereocenters. The number of piperidine rings is 1. The molecule has 1 saturated carbocycles. The number of amides is 1. The average molecular weight is 294 g/mol. The first-order valence-corrected chi connectivity index (χ1v) is 8.89. The third-order valence-electron chi connectivity index (χ3n) is 5.40. The van der Waals surface area contributed by atoms with E-state index >= 15 is 0 Å². The predicted octanol–water partition coefficient (Wildman–Crippen LogP) is 3.44. The fraction of sp³-hybridized carbons (Fsp3) is 0.944. The molecule has 3 nitrogen and oxygen atoms in total. The fourth-order valence-corrected chi connectivity index (χ4v) is 4.16. The van der Waals surface area contributed by atoms with Crippen molar-refractivity contribution in [2.24, 2.45) is 17.3 Å². The zero-order valence-electron chi connectivity index (χ0n) is 14.5. The lowest BCUT2D eigenvalue weighted by molar-refractivity contribution is -0.132. The Bertz CT molecular complexity index is 348. The van der Waals surface area contributed by atoms with Crippen LogP contribution in [0.3, 0.4) is 0 Å². The molecule has 1 aliphatic heterocycles. The van der Waals surface area contributed by atoms with Crippen LogP contribution in [0.1, 0.15) is 66.2 Å². The third kappa shape index (κ3) is 4.70. The molecule has 1 heterocycles. The Morgan fingerprint density at radius 3 is 2.52 bits per heavy atom. The minimum Gasteiger partial charge on any atom is -0.341 e. The lowest BCUT2D eigenvalue weighted by atomic mass is 9.69. The second-order valence-electron chi connectivity index (χ2n) is 8.33. The largest absolute Gasteiger partial charge is 0.341 e. The summed E-state index contributed by atoms with van der Waals surface area (Å²) in [5.41, 5.74) is 0.334. The molecule has 2 fully saturated rings. The van der Waals surface area contributed by atoms with Crippen molar-refractivity contribution < 1.29 is 4.79 Å². The van der Waals surface area contributed by atoms with Gasteiger partial charge in [-0.2, -0.15) is 0 Å². The van der Waals surface area contributed by atoms with Crippen molar-refractivity contribution in [2.75, 3.05) is 19.6 Å². The van der Waals surface area contributed by atoms with E-state index in [1.165, 1.54) is 38.5 Å². The highest BCUT2D eigenvalue weighted by atomic mass is 16.2. The van der Waals surface area contributed by atoms with Crippen LogP contribution in [-0.2, 0) is 4.79 Å². The fourth-order valence-electron chi connectivity index (χ4n) is 4.16. The van der Waals surface area contributed by atoms with E-state index in [9.17, 15) is 4.79 Å². The molecular formula is C18H34N2O. The molecule has 2 rings (SSSR count). The Morgan fingerprint density at radius 1 is 1.14 bits per heavy atom. The Labute approximate surface area is 130 Å². The standard InChI is InChI=1S/C18H34N2O/c1-14-8-7-11-20(13-14)17(21)12-19-16-10-6-5-9-15(16)18(2,3)4/h14-16,19H,5-13H2,1-4H3/t14-,15-,16+/m1/s1. The summed E-state index contributed by atoms with van der Waals surface area (Å²) in [7, 11) is 0. The number of nitrogens with zero attached hydrogens (tertiary/aromatic N) is 1. The first kappa shape index (κ1) is 16.8. The number of hydrogen-bond acceptors (Lipinski definition) is 2. The number of hydrogen-bond donors (Lipinski definition) is 1. The summed E-state index contributed by atoms with van der Waals surface area (Å²) in [5, 5.41) is 3.60. The molecule has 122 valence electrons. The van der Waals surface area contributed by atoms with Crippen molar-refractivity contribution in [2.45, 2.75) is 72.3 Å². The molecule has 1 saturated heterocycles. The van der Waals surface area contributed by atoms with Crippen LogP contribution in [-0.4, -0.2) is 36.5 Å². The molecule has 2 aliphatic rings. The number of carbonyl (C=O) groups excluding carboxylic acids is 1. The van der Waals surface area contributed by atoms with Crippen molar-refractivity contribution in [3.63, 3.8) is 0 Å². The van der Waals surface area contributed by atoms with Crippen LogP contribution >= 0.6 is 0 Å². The number of rotatable bonds is 3. The van der Waals surface area contributed by atoms with E-state index in [4.69, 9.17) is 0 Å². The van der Waals surface area contributed by atoms with E-state index in [-0.39, 0.29) is 0 Å². The third-order valence-corrected chi connectivity index (χ3v) is 5.40. The summed E-state index contributed by atoms with van der Waals surface area (Å²) in [4.78, 5) is 14.5. The van der Waals surface area contributed by atoms with E-state index in [1.54, 1.807) is 0 Å². The average Bonchev–Trinajstić information content (AvgIpc) is 2.44. The first-order chi connectivity index (χ1) is 9.88. The van der Waals surface area contributed by atoms with Crippen molar-refractivity contribution in [3.8, 4) is 0 Å². The van der Waals surface area contributed by atoms with E-state index in [0.29, 0.717) is 35.7 Å². The lowest BCUT2D eigenvalue weighted by Gasteiger charge is -2.41. The number of nitrogens with one attached hydrogen (secondary N) is 1. The van der Waals surface area contributed by atoms with Gasteiger partial charge in [-0.05, 0) is 42.9 Å². The van der Waals surface area contributed by atoms with E-state index in [2.05, 4.69) is 37.9 Å². The summed E-state index contributed by atoms with van der Waals surface area (Å²) >= 11 is 0. The molecule has 0 radical (unpaired) electrons. The van der Waals surface area contributed by atoms with E-state index in [1.807, 2.05) is 0 Å². The molecule has 0 aromatic heterocycles. The van der Waals surface area contributed by atoms with E-state index < -0.39 is 0 Å². The highest BCUT2D eigenvalue weighted by Crippen LogP contribution is 2.37. The monoisotopic (exact) mass is 294 g/mol. The minimum atomic E-state index is 0.305. The van der Waals surface area contributed by atoms with Crippen LogP contribution in [0.25, 0.3) is 0 Å². The minimum absolute atomic E-state index is 0.305.